The molecule has 0 bridgehead atoms. The highest BCUT2D eigenvalue weighted by molar-refractivity contribution is 5.31. The maximum atomic E-state index is 10.3. The molecule has 0 saturated heterocycles. The molecule has 0 radical (unpaired) electrons. The number of rotatable bonds is 12. The van der Waals surface area contributed by atoms with E-state index < -0.39 is 6.10 Å². The lowest BCUT2D eigenvalue weighted by atomic mass is 10.2. The number of aromatic nitrogens is 2. The number of methoxy groups -OCH3 is 1. The second kappa shape index (κ2) is 11.5. The molecule has 1 heterocycles. The van der Waals surface area contributed by atoms with Gasteiger partial charge in [-0.2, -0.15) is 5.10 Å². The molecule has 1 aromatic heterocycles. The molecule has 32 heavy (non-hydrogen) atoms. The van der Waals surface area contributed by atoms with Gasteiger partial charge in [0.15, 0.2) is 0 Å². The van der Waals surface area contributed by atoms with Crippen molar-refractivity contribution < 1.29 is 19.3 Å². The van der Waals surface area contributed by atoms with Crippen LogP contribution in [0.15, 0.2) is 54.6 Å². The molecule has 0 saturated carbocycles. The topological polar surface area (TPSA) is 69.0 Å². The molecule has 7 nitrogen and oxygen atoms in total. The fraction of sp³-hybridized carbons (Fsp3) is 0.400. The molecule has 1 N–H and O–H groups in total. The number of aliphatic hydroxyl groups is 1. The van der Waals surface area contributed by atoms with Crippen LogP contribution in [0.25, 0.3) is 0 Å². The van der Waals surface area contributed by atoms with Gasteiger partial charge in [-0.25, -0.2) is 0 Å². The molecule has 7 heteroatoms. The lowest BCUT2D eigenvalue weighted by Gasteiger charge is -2.21. The summed E-state index contributed by atoms with van der Waals surface area (Å²) in [5.74, 6) is 2.32. The molecule has 1 unspecified atom stereocenters. The summed E-state index contributed by atoms with van der Waals surface area (Å²) in [5.41, 5.74) is 3.32. The lowest BCUT2D eigenvalue weighted by Crippen LogP contribution is -2.32. The molecule has 172 valence electrons. The van der Waals surface area contributed by atoms with Crippen LogP contribution in [0, 0.1) is 13.8 Å². The second-order valence-electron chi connectivity index (χ2n) is 7.98. The van der Waals surface area contributed by atoms with Crippen molar-refractivity contribution in [2.45, 2.75) is 33.0 Å². The maximum Gasteiger partial charge on any atom is 0.119 e. The van der Waals surface area contributed by atoms with Crippen molar-refractivity contribution in [3.63, 3.8) is 0 Å². The number of likely N-dealkylation sites (N-methyl/N-ethyl adjacent to an activating group) is 1. The van der Waals surface area contributed by atoms with Crippen molar-refractivity contribution in [2.24, 2.45) is 0 Å². The van der Waals surface area contributed by atoms with Crippen LogP contribution in [-0.2, 0) is 13.1 Å². The molecule has 0 fully saturated rings. The molecular weight excluding hydrogens is 406 g/mol. The van der Waals surface area contributed by atoms with Gasteiger partial charge in [-0.3, -0.25) is 9.58 Å². The van der Waals surface area contributed by atoms with Crippen LogP contribution in [-0.4, -0.2) is 59.8 Å². The highest BCUT2D eigenvalue weighted by atomic mass is 16.5. The Bertz CT molecular complexity index is 954. The first-order valence-electron chi connectivity index (χ1n) is 10.8. The van der Waals surface area contributed by atoms with Crippen molar-refractivity contribution in [3.05, 3.63) is 71.5 Å². The third-order valence-electron chi connectivity index (χ3n) is 5.08. The maximum absolute atomic E-state index is 10.3. The zero-order valence-corrected chi connectivity index (χ0v) is 19.3. The van der Waals surface area contributed by atoms with E-state index >= 15 is 0 Å². The minimum atomic E-state index is -0.584. The third kappa shape index (κ3) is 7.28. The van der Waals surface area contributed by atoms with E-state index in [9.17, 15) is 5.11 Å². The SMILES string of the molecule is COc1ccc(OCC(O)CN(C)Cc2ccc(OCCn3nc(C)cc3C)cc2)cc1. The van der Waals surface area contributed by atoms with Crippen LogP contribution in [0.5, 0.6) is 17.2 Å². The summed E-state index contributed by atoms with van der Waals surface area (Å²) in [6.07, 6.45) is -0.584. The Balaban J connectivity index is 1.37. The summed E-state index contributed by atoms with van der Waals surface area (Å²) < 4.78 is 18.6. The summed E-state index contributed by atoms with van der Waals surface area (Å²) in [5, 5.41) is 14.7. The van der Waals surface area contributed by atoms with Crippen LogP contribution < -0.4 is 14.2 Å². The van der Waals surface area contributed by atoms with Gasteiger partial charge in [0.2, 0.25) is 0 Å². The Kier molecular flexibility index (Phi) is 8.53. The minimum Gasteiger partial charge on any atom is -0.497 e. The van der Waals surface area contributed by atoms with Crippen molar-refractivity contribution in [1.82, 2.24) is 14.7 Å². The van der Waals surface area contributed by atoms with E-state index in [1.807, 2.05) is 62.0 Å². The van der Waals surface area contributed by atoms with Gasteiger partial charge in [0.25, 0.3) is 0 Å². The first-order valence-corrected chi connectivity index (χ1v) is 10.8. The van der Waals surface area contributed by atoms with Gasteiger partial charge in [0.1, 0.15) is 36.6 Å². The first-order chi connectivity index (χ1) is 15.4. The van der Waals surface area contributed by atoms with Crippen molar-refractivity contribution in [2.75, 3.05) is 33.9 Å². The molecular formula is C25H33N3O4. The van der Waals surface area contributed by atoms with Gasteiger partial charge < -0.3 is 19.3 Å². The third-order valence-corrected chi connectivity index (χ3v) is 5.08. The predicted molar refractivity (Wildman–Crippen MR) is 124 cm³/mol. The number of benzene rings is 2. The fourth-order valence-electron chi connectivity index (χ4n) is 3.50. The van der Waals surface area contributed by atoms with E-state index in [0.717, 1.165) is 41.5 Å². The number of nitrogens with zero attached hydrogens (tertiary/aromatic N) is 3. The summed E-state index contributed by atoms with van der Waals surface area (Å²) in [6.45, 7) is 6.81. The van der Waals surface area contributed by atoms with Crippen molar-refractivity contribution in [3.8, 4) is 17.2 Å². The summed E-state index contributed by atoms with van der Waals surface area (Å²) in [6, 6.07) is 17.5. The van der Waals surface area contributed by atoms with Gasteiger partial charge in [-0.05, 0) is 68.9 Å². The van der Waals surface area contributed by atoms with E-state index in [2.05, 4.69) is 28.2 Å². The summed E-state index contributed by atoms with van der Waals surface area (Å²) >= 11 is 0. The van der Waals surface area contributed by atoms with Gasteiger partial charge in [0, 0.05) is 18.8 Å². The van der Waals surface area contributed by atoms with Gasteiger partial charge in [0.05, 0.1) is 19.3 Å². The standard InChI is InChI=1S/C25H33N3O4/c1-19-15-20(2)28(26-19)13-14-31-24-7-5-21(6-8-24)16-27(3)17-22(29)18-32-25-11-9-23(30-4)10-12-25/h5-12,15,22,29H,13-14,16-18H2,1-4H3. The van der Waals surface area contributed by atoms with Crippen LogP contribution >= 0.6 is 0 Å². The fourth-order valence-corrected chi connectivity index (χ4v) is 3.50. The zero-order valence-electron chi connectivity index (χ0n) is 19.3. The van der Waals surface area contributed by atoms with Crippen molar-refractivity contribution >= 4 is 0 Å². The Hall–Kier alpha value is -3.03. The number of ether oxygens (including phenoxy) is 3. The number of aryl methyl sites for hydroxylation is 2. The normalized spacial score (nSPS) is 12.1. The Morgan fingerprint density at radius 3 is 2.22 bits per heavy atom. The largest absolute Gasteiger partial charge is 0.497 e. The number of aliphatic hydroxyl groups excluding tert-OH is 1. The van der Waals surface area contributed by atoms with Gasteiger partial charge in [-0.1, -0.05) is 12.1 Å². The molecule has 0 amide bonds. The van der Waals surface area contributed by atoms with E-state index in [-0.39, 0.29) is 6.61 Å². The Morgan fingerprint density at radius 2 is 1.59 bits per heavy atom. The smallest absolute Gasteiger partial charge is 0.119 e. The molecule has 3 rings (SSSR count). The van der Waals surface area contributed by atoms with Gasteiger partial charge in [-0.15, -0.1) is 0 Å². The molecule has 0 aliphatic carbocycles. The highest BCUT2D eigenvalue weighted by Crippen LogP contribution is 2.17. The van der Waals surface area contributed by atoms with E-state index in [1.165, 1.54) is 0 Å². The Labute approximate surface area is 190 Å². The van der Waals surface area contributed by atoms with Crippen LogP contribution in [0.1, 0.15) is 17.0 Å². The lowest BCUT2D eigenvalue weighted by molar-refractivity contribution is 0.0743. The highest BCUT2D eigenvalue weighted by Gasteiger charge is 2.10. The molecule has 0 aliphatic rings. The number of hydrogen-bond donors (Lipinski definition) is 1. The molecule has 2 aromatic carbocycles. The molecule has 3 aromatic rings. The summed E-state index contributed by atoms with van der Waals surface area (Å²) in [7, 11) is 3.61. The van der Waals surface area contributed by atoms with Crippen molar-refractivity contribution in [1.29, 1.82) is 0 Å². The monoisotopic (exact) mass is 439 g/mol. The van der Waals surface area contributed by atoms with Crippen LogP contribution in [0.4, 0.5) is 0 Å². The predicted octanol–water partition coefficient (Wildman–Crippen LogP) is 3.46. The zero-order chi connectivity index (χ0) is 22.9. The quantitative estimate of drug-likeness (QED) is 0.466. The Morgan fingerprint density at radius 1 is 0.969 bits per heavy atom. The van der Waals surface area contributed by atoms with E-state index in [0.29, 0.717) is 18.9 Å². The summed E-state index contributed by atoms with van der Waals surface area (Å²) in [4.78, 5) is 2.07. The minimum absolute atomic E-state index is 0.235. The average Bonchev–Trinajstić information content (AvgIpc) is 3.10. The van der Waals surface area contributed by atoms with Crippen LogP contribution in [0.3, 0.4) is 0 Å². The molecule has 0 spiro atoms. The number of hydrogen-bond acceptors (Lipinski definition) is 6. The molecule has 1 atom stereocenters. The van der Waals surface area contributed by atoms with E-state index in [1.54, 1.807) is 7.11 Å². The van der Waals surface area contributed by atoms with E-state index in [4.69, 9.17) is 14.2 Å². The molecule has 0 aliphatic heterocycles. The van der Waals surface area contributed by atoms with Crippen LogP contribution in [0.2, 0.25) is 0 Å². The average molecular weight is 440 g/mol. The van der Waals surface area contributed by atoms with Gasteiger partial charge >= 0.3 is 0 Å². The first kappa shape index (κ1) is 23.6. The second-order valence-corrected chi connectivity index (χ2v) is 7.98.